The van der Waals surface area contributed by atoms with E-state index in [4.69, 9.17) is 23.2 Å². The molecule has 1 unspecified atom stereocenters. The number of hydrogen-bond acceptors (Lipinski definition) is 3. The van der Waals surface area contributed by atoms with Gasteiger partial charge in [0.05, 0.1) is 15.6 Å². The van der Waals surface area contributed by atoms with Crippen LogP contribution in [-0.2, 0) is 10.2 Å². The number of halogens is 2. The molecule has 0 aromatic heterocycles. The van der Waals surface area contributed by atoms with Crippen LogP contribution in [0, 0.1) is 11.8 Å². The van der Waals surface area contributed by atoms with Crippen LogP contribution in [0.15, 0.2) is 18.2 Å². The van der Waals surface area contributed by atoms with E-state index in [2.05, 4.69) is 5.32 Å². The van der Waals surface area contributed by atoms with Gasteiger partial charge in [0.2, 0.25) is 0 Å². The molecule has 1 aliphatic heterocycles. The van der Waals surface area contributed by atoms with Crippen molar-refractivity contribution in [2.45, 2.75) is 37.3 Å². The predicted molar refractivity (Wildman–Crippen MR) is 83.9 cm³/mol. The molecule has 5 heteroatoms. The van der Waals surface area contributed by atoms with E-state index in [1.54, 1.807) is 19.9 Å². The molecule has 4 atom stereocenters. The lowest BCUT2D eigenvalue weighted by atomic mass is 9.91. The Kier molecular flexibility index (Phi) is 3.61. The Bertz CT molecular complexity index is 584. The van der Waals surface area contributed by atoms with Crippen LogP contribution in [0.1, 0.15) is 25.8 Å². The topological polar surface area (TPSA) is 49.3 Å². The zero-order valence-corrected chi connectivity index (χ0v) is 13.6. The van der Waals surface area contributed by atoms with Gasteiger partial charge in [-0.3, -0.25) is 0 Å². The Morgan fingerprint density at radius 2 is 2.14 bits per heavy atom. The van der Waals surface area contributed by atoms with E-state index in [1.807, 2.05) is 12.1 Å². The number of carbonyl (C=O) groups excluding carboxylic acids is 1. The third-order valence-electron chi connectivity index (χ3n) is 4.88. The maximum Gasteiger partial charge on any atom is 0.124 e. The lowest BCUT2D eigenvalue weighted by molar-refractivity contribution is -0.109. The summed E-state index contributed by atoms with van der Waals surface area (Å²) in [5.74, 6) is 0.210. The van der Waals surface area contributed by atoms with Gasteiger partial charge in [0.25, 0.3) is 0 Å². The van der Waals surface area contributed by atoms with E-state index in [9.17, 15) is 9.90 Å². The third-order valence-corrected chi connectivity index (χ3v) is 5.62. The van der Waals surface area contributed by atoms with Gasteiger partial charge in [0, 0.05) is 23.9 Å². The number of benzene rings is 1. The van der Waals surface area contributed by atoms with Crippen LogP contribution in [-0.4, -0.2) is 29.6 Å². The summed E-state index contributed by atoms with van der Waals surface area (Å²) in [7, 11) is 0. The first-order valence-corrected chi connectivity index (χ1v) is 7.92. The van der Waals surface area contributed by atoms with E-state index in [-0.39, 0.29) is 23.3 Å². The van der Waals surface area contributed by atoms with Crippen LogP contribution < -0.4 is 5.32 Å². The maximum absolute atomic E-state index is 11.5. The van der Waals surface area contributed by atoms with Gasteiger partial charge >= 0.3 is 0 Å². The second-order valence-electron chi connectivity index (χ2n) is 6.86. The Balaban J connectivity index is 1.91. The van der Waals surface area contributed by atoms with Gasteiger partial charge < -0.3 is 15.2 Å². The number of rotatable bonds is 4. The van der Waals surface area contributed by atoms with Crippen molar-refractivity contribution in [3.8, 4) is 0 Å². The Morgan fingerprint density at radius 1 is 1.43 bits per heavy atom. The SMILES string of the molecule is CC(C)(O)CC1NC[C@]2(c3ccc(Cl)c(Cl)c3)[C@@H](C=O)[C@H]12. The van der Waals surface area contributed by atoms with E-state index >= 15 is 0 Å². The molecule has 2 N–H and O–H groups in total. The van der Waals surface area contributed by atoms with E-state index < -0.39 is 5.60 Å². The van der Waals surface area contributed by atoms with Crippen LogP contribution in [0.4, 0.5) is 0 Å². The average Bonchev–Trinajstić information content (AvgIpc) is 2.93. The molecule has 1 saturated heterocycles. The largest absolute Gasteiger partial charge is 0.390 e. The summed E-state index contributed by atoms with van der Waals surface area (Å²) >= 11 is 12.1. The maximum atomic E-state index is 11.5. The molecule has 2 fully saturated rings. The zero-order valence-electron chi connectivity index (χ0n) is 12.1. The Labute approximate surface area is 134 Å². The molecule has 1 saturated carbocycles. The summed E-state index contributed by atoms with van der Waals surface area (Å²) in [5, 5.41) is 14.5. The molecule has 0 spiro atoms. The monoisotopic (exact) mass is 327 g/mol. The summed E-state index contributed by atoms with van der Waals surface area (Å²) in [6.07, 6.45) is 1.68. The van der Waals surface area contributed by atoms with Crippen molar-refractivity contribution in [2.24, 2.45) is 11.8 Å². The van der Waals surface area contributed by atoms with Gasteiger partial charge in [-0.2, -0.15) is 0 Å². The van der Waals surface area contributed by atoms with Gasteiger partial charge in [0.1, 0.15) is 6.29 Å². The van der Waals surface area contributed by atoms with Crippen molar-refractivity contribution < 1.29 is 9.90 Å². The Morgan fingerprint density at radius 3 is 2.71 bits per heavy atom. The fourth-order valence-electron chi connectivity index (χ4n) is 3.99. The highest BCUT2D eigenvalue weighted by Gasteiger charge is 2.71. The molecule has 2 aliphatic rings. The molecule has 0 amide bonds. The lowest BCUT2D eigenvalue weighted by Gasteiger charge is -2.23. The van der Waals surface area contributed by atoms with E-state index in [0.717, 1.165) is 18.4 Å². The predicted octanol–water partition coefficient (Wildman–Crippen LogP) is 2.81. The minimum atomic E-state index is -0.749. The van der Waals surface area contributed by atoms with Crippen molar-refractivity contribution in [3.05, 3.63) is 33.8 Å². The van der Waals surface area contributed by atoms with Crippen molar-refractivity contribution in [2.75, 3.05) is 6.54 Å². The number of nitrogens with one attached hydrogen (secondary N) is 1. The number of fused-ring (bicyclic) bond motifs is 1. The lowest BCUT2D eigenvalue weighted by Crippen LogP contribution is -2.36. The molecular formula is C16H19Cl2NO2. The molecule has 1 aromatic carbocycles. The van der Waals surface area contributed by atoms with Crippen LogP contribution in [0.2, 0.25) is 10.0 Å². The summed E-state index contributed by atoms with van der Waals surface area (Å²) in [6, 6.07) is 5.76. The molecule has 1 aromatic rings. The fraction of sp³-hybridized carbons (Fsp3) is 0.562. The summed E-state index contributed by atoms with van der Waals surface area (Å²) in [6.45, 7) is 4.33. The molecule has 1 heterocycles. The van der Waals surface area contributed by atoms with E-state index in [1.165, 1.54) is 0 Å². The van der Waals surface area contributed by atoms with Gasteiger partial charge in [-0.25, -0.2) is 0 Å². The van der Waals surface area contributed by atoms with Gasteiger partial charge in [0.15, 0.2) is 0 Å². The molecule has 0 radical (unpaired) electrons. The zero-order chi connectivity index (χ0) is 15.4. The standard InChI is InChI=1S/C16H19Cl2NO2/c1-15(2,21)6-13-14-10(7-20)16(14,8-19-13)9-3-4-11(17)12(18)5-9/h3-5,7,10,13-14,19,21H,6,8H2,1-2H3/t10-,13?,14+,16-/m0/s1. The third kappa shape index (κ3) is 2.40. The van der Waals surface area contributed by atoms with Crippen molar-refractivity contribution >= 4 is 29.5 Å². The second-order valence-corrected chi connectivity index (χ2v) is 7.68. The van der Waals surface area contributed by atoms with Gasteiger partial charge in [-0.05, 0) is 43.9 Å². The number of hydrogen-bond donors (Lipinski definition) is 2. The molecular weight excluding hydrogens is 309 g/mol. The summed E-state index contributed by atoms with van der Waals surface area (Å²) < 4.78 is 0. The van der Waals surface area contributed by atoms with Crippen molar-refractivity contribution in [1.82, 2.24) is 5.32 Å². The first kappa shape index (κ1) is 15.3. The Hall–Kier alpha value is -0.610. The highest BCUT2D eigenvalue weighted by atomic mass is 35.5. The number of piperidine rings is 1. The van der Waals surface area contributed by atoms with Crippen LogP contribution in [0.25, 0.3) is 0 Å². The highest BCUT2D eigenvalue weighted by molar-refractivity contribution is 6.42. The van der Waals surface area contributed by atoms with Gasteiger partial charge in [-0.15, -0.1) is 0 Å². The molecule has 3 nitrogen and oxygen atoms in total. The first-order valence-electron chi connectivity index (χ1n) is 7.16. The van der Waals surface area contributed by atoms with E-state index in [0.29, 0.717) is 16.5 Å². The number of aldehydes is 1. The molecule has 1 aliphatic carbocycles. The smallest absolute Gasteiger partial charge is 0.124 e. The number of carbonyl (C=O) groups is 1. The van der Waals surface area contributed by atoms with Crippen LogP contribution in [0.5, 0.6) is 0 Å². The van der Waals surface area contributed by atoms with Crippen molar-refractivity contribution in [3.63, 3.8) is 0 Å². The van der Waals surface area contributed by atoms with Crippen molar-refractivity contribution in [1.29, 1.82) is 0 Å². The fourth-order valence-corrected chi connectivity index (χ4v) is 4.29. The quantitative estimate of drug-likeness (QED) is 0.836. The summed E-state index contributed by atoms with van der Waals surface area (Å²) in [4.78, 5) is 11.5. The number of aliphatic hydroxyl groups is 1. The molecule has 3 rings (SSSR count). The minimum absolute atomic E-state index is 0.0108. The normalized spacial score (nSPS) is 34.6. The van der Waals surface area contributed by atoms with Crippen LogP contribution in [0.3, 0.4) is 0 Å². The average molecular weight is 328 g/mol. The minimum Gasteiger partial charge on any atom is -0.390 e. The molecule has 0 bridgehead atoms. The van der Waals surface area contributed by atoms with Gasteiger partial charge in [-0.1, -0.05) is 29.3 Å². The molecule has 21 heavy (non-hydrogen) atoms. The first-order chi connectivity index (χ1) is 9.79. The van der Waals surface area contributed by atoms with Crippen LogP contribution >= 0.6 is 23.2 Å². The summed E-state index contributed by atoms with van der Waals surface area (Å²) in [5.41, 5.74) is 0.123. The molecule has 114 valence electrons. The second kappa shape index (κ2) is 4.95. The highest BCUT2D eigenvalue weighted by Crippen LogP contribution is 2.64.